The maximum atomic E-state index is 10.5. The number of thiazole rings is 1. The Labute approximate surface area is 69.1 Å². The molecule has 0 radical (unpaired) electrons. The van der Waals surface area contributed by atoms with E-state index in [-0.39, 0.29) is 10.7 Å². The molecule has 0 saturated heterocycles. The van der Waals surface area contributed by atoms with Gasteiger partial charge in [0.15, 0.2) is 5.78 Å². The van der Waals surface area contributed by atoms with E-state index in [1.165, 1.54) is 13.1 Å². The van der Waals surface area contributed by atoms with E-state index in [9.17, 15) is 9.59 Å². The summed E-state index contributed by atoms with van der Waals surface area (Å²) >= 11 is 0.935. The maximum Gasteiger partial charge on any atom is 0.305 e. The number of Topliss-reactive ketones (excluding diaryl/α,β-unsaturated/α-hetero) is 1. The van der Waals surface area contributed by atoms with Crippen LogP contribution in [0.4, 0.5) is 0 Å². The van der Waals surface area contributed by atoms with E-state index in [2.05, 4.69) is 4.98 Å². The molecule has 0 fully saturated rings. The van der Waals surface area contributed by atoms with Crippen molar-refractivity contribution in [3.05, 3.63) is 20.7 Å². The molecular formula is C7H11NO2S. The van der Waals surface area contributed by atoms with Crippen LogP contribution in [0.3, 0.4) is 0 Å². The summed E-state index contributed by atoms with van der Waals surface area (Å²) in [6.07, 6.45) is 1.43. The average molecular weight is 173 g/mol. The predicted octanol–water partition coefficient (Wildman–Crippen LogP) is 1.67. The minimum absolute atomic E-state index is 0.0710. The van der Waals surface area contributed by atoms with Gasteiger partial charge in [-0.15, -0.1) is 0 Å². The van der Waals surface area contributed by atoms with Crippen molar-refractivity contribution < 1.29 is 4.79 Å². The number of ketones is 1. The van der Waals surface area contributed by atoms with E-state index in [1.807, 2.05) is 13.8 Å². The zero-order valence-corrected chi connectivity index (χ0v) is 7.62. The molecule has 0 aliphatic heterocycles. The van der Waals surface area contributed by atoms with E-state index in [1.54, 1.807) is 0 Å². The summed E-state index contributed by atoms with van der Waals surface area (Å²) in [5, 5.41) is 0. The molecular weight excluding hydrogens is 162 g/mol. The van der Waals surface area contributed by atoms with Gasteiger partial charge in [0.2, 0.25) is 0 Å². The van der Waals surface area contributed by atoms with Crippen LogP contribution in [0.15, 0.2) is 11.0 Å². The van der Waals surface area contributed by atoms with Crippen molar-refractivity contribution in [3.8, 4) is 0 Å². The molecule has 0 atom stereocenters. The van der Waals surface area contributed by atoms with Crippen LogP contribution in [-0.4, -0.2) is 10.8 Å². The Hall–Kier alpha value is -0.900. The van der Waals surface area contributed by atoms with Gasteiger partial charge in [-0.1, -0.05) is 25.2 Å². The number of aromatic nitrogens is 1. The van der Waals surface area contributed by atoms with Crippen LogP contribution < -0.4 is 4.87 Å². The second kappa shape index (κ2) is 4.85. The van der Waals surface area contributed by atoms with E-state index >= 15 is 0 Å². The van der Waals surface area contributed by atoms with Gasteiger partial charge in [0.05, 0.1) is 4.88 Å². The Morgan fingerprint density at radius 1 is 1.55 bits per heavy atom. The first-order valence-corrected chi connectivity index (χ1v) is 4.21. The van der Waals surface area contributed by atoms with E-state index in [0.717, 1.165) is 11.3 Å². The summed E-state index contributed by atoms with van der Waals surface area (Å²) in [5.74, 6) is -0.0710. The van der Waals surface area contributed by atoms with Gasteiger partial charge in [-0.25, -0.2) is 0 Å². The molecule has 0 bridgehead atoms. The highest BCUT2D eigenvalue weighted by Crippen LogP contribution is 1.99. The highest BCUT2D eigenvalue weighted by atomic mass is 32.1. The minimum atomic E-state index is -0.180. The summed E-state index contributed by atoms with van der Waals surface area (Å²) in [7, 11) is 0. The van der Waals surface area contributed by atoms with Crippen LogP contribution in [0.2, 0.25) is 0 Å². The summed E-state index contributed by atoms with van der Waals surface area (Å²) < 4.78 is 0. The second-order valence-electron chi connectivity index (χ2n) is 1.60. The van der Waals surface area contributed by atoms with Crippen LogP contribution in [0.1, 0.15) is 30.4 Å². The molecule has 1 aromatic heterocycles. The standard InChI is InChI=1S/C5H5NO2S.C2H6/c1-3(7)4-2-6-5(8)9-4;1-2/h2H,1H3,(H,6,8);1-2H3. The fourth-order valence-corrected chi connectivity index (χ4v) is 1.04. The van der Waals surface area contributed by atoms with Gasteiger partial charge in [-0.2, -0.15) is 0 Å². The Kier molecular flexibility index (Phi) is 4.45. The van der Waals surface area contributed by atoms with Crippen molar-refractivity contribution >= 4 is 17.1 Å². The molecule has 1 rings (SSSR count). The zero-order valence-electron chi connectivity index (χ0n) is 6.80. The lowest BCUT2D eigenvalue weighted by molar-refractivity contribution is 0.102. The van der Waals surface area contributed by atoms with Gasteiger partial charge in [0, 0.05) is 13.1 Å². The highest BCUT2D eigenvalue weighted by molar-refractivity contribution is 7.11. The molecule has 0 aromatic carbocycles. The number of H-pyrrole nitrogens is 1. The van der Waals surface area contributed by atoms with Gasteiger partial charge in [0.1, 0.15) is 0 Å². The Morgan fingerprint density at radius 3 is 2.27 bits per heavy atom. The topological polar surface area (TPSA) is 49.9 Å². The fraction of sp³-hybridized carbons (Fsp3) is 0.429. The monoisotopic (exact) mass is 173 g/mol. The van der Waals surface area contributed by atoms with Crippen LogP contribution in [-0.2, 0) is 0 Å². The van der Waals surface area contributed by atoms with Crippen LogP contribution in [0, 0.1) is 0 Å². The Morgan fingerprint density at radius 2 is 2.09 bits per heavy atom. The number of aromatic amines is 1. The molecule has 0 unspecified atom stereocenters. The van der Waals surface area contributed by atoms with Crippen molar-refractivity contribution in [1.82, 2.24) is 4.98 Å². The van der Waals surface area contributed by atoms with Crippen molar-refractivity contribution in [1.29, 1.82) is 0 Å². The van der Waals surface area contributed by atoms with E-state index < -0.39 is 0 Å². The zero-order chi connectivity index (χ0) is 8.85. The molecule has 11 heavy (non-hydrogen) atoms. The summed E-state index contributed by atoms with van der Waals surface area (Å²) in [4.78, 5) is 23.6. The number of nitrogens with one attached hydrogen (secondary N) is 1. The predicted molar refractivity (Wildman–Crippen MR) is 46.3 cm³/mol. The van der Waals surface area contributed by atoms with Gasteiger partial charge in [-0.05, 0) is 0 Å². The summed E-state index contributed by atoms with van der Waals surface area (Å²) in [6.45, 7) is 5.43. The first-order valence-electron chi connectivity index (χ1n) is 3.39. The van der Waals surface area contributed by atoms with Crippen LogP contribution in [0.5, 0.6) is 0 Å². The molecule has 1 heterocycles. The average Bonchev–Trinajstić information content (AvgIpc) is 2.40. The molecule has 0 aliphatic carbocycles. The first-order chi connectivity index (χ1) is 5.20. The quantitative estimate of drug-likeness (QED) is 0.657. The molecule has 0 aliphatic rings. The Balaban J connectivity index is 0.000000461. The van der Waals surface area contributed by atoms with Crippen molar-refractivity contribution in [2.24, 2.45) is 0 Å². The second-order valence-corrected chi connectivity index (χ2v) is 2.61. The number of carbonyl (C=O) groups is 1. The molecule has 1 N–H and O–H groups in total. The lowest BCUT2D eigenvalue weighted by Crippen LogP contribution is -1.88. The van der Waals surface area contributed by atoms with Crippen molar-refractivity contribution in [3.63, 3.8) is 0 Å². The minimum Gasteiger partial charge on any atom is -0.319 e. The lowest BCUT2D eigenvalue weighted by atomic mass is 10.4. The molecule has 0 saturated carbocycles. The van der Waals surface area contributed by atoms with Crippen molar-refractivity contribution in [2.45, 2.75) is 20.8 Å². The SMILES string of the molecule is CC.CC(=O)c1c[nH]c(=O)s1. The third kappa shape index (κ3) is 3.13. The van der Waals surface area contributed by atoms with E-state index in [4.69, 9.17) is 0 Å². The number of hydrogen-bond acceptors (Lipinski definition) is 3. The van der Waals surface area contributed by atoms with Crippen molar-refractivity contribution in [2.75, 3.05) is 0 Å². The largest absolute Gasteiger partial charge is 0.319 e. The number of rotatable bonds is 1. The van der Waals surface area contributed by atoms with Gasteiger partial charge in [-0.3, -0.25) is 9.59 Å². The van der Waals surface area contributed by atoms with Crippen LogP contribution in [0.25, 0.3) is 0 Å². The normalized spacial score (nSPS) is 8.27. The van der Waals surface area contributed by atoms with Gasteiger partial charge < -0.3 is 4.98 Å². The number of hydrogen-bond donors (Lipinski definition) is 1. The summed E-state index contributed by atoms with van der Waals surface area (Å²) in [5.41, 5.74) is 0. The molecule has 0 spiro atoms. The Bertz CT molecular complexity index is 274. The number of carbonyl (C=O) groups excluding carboxylic acids is 1. The smallest absolute Gasteiger partial charge is 0.305 e. The molecule has 3 nitrogen and oxygen atoms in total. The molecule has 62 valence electrons. The van der Waals surface area contributed by atoms with E-state index in [0.29, 0.717) is 4.88 Å². The lowest BCUT2D eigenvalue weighted by Gasteiger charge is -1.77. The fourth-order valence-electron chi connectivity index (χ4n) is 0.457. The molecule has 4 heteroatoms. The summed E-state index contributed by atoms with van der Waals surface area (Å²) in [6, 6.07) is 0. The van der Waals surface area contributed by atoms with Crippen LogP contribution >= 0.6 is 11.3 Å². The van der Waals surface area contributed by atoms with Gasteiger partial charge in [0.25, 0.3) is 0 Å². The third-order valence-corrected chi connectivity index (χ3v) is 1.80. The highest BCUT2D eigenvalue weighted by Gasteiger charge is 2.00. The van der Waals surface area contributed by atoms with Gasteiger partial charge >= 0.3 is 4.87 Å². The molecule has 0 amide bonds. The maximum absolute atomic E-state index is 10.5. The third-order valence-electron chi connectivity index (χ3n) is 0.871. The first kappa shape index (κ1) is 10.1. The molecule has 1 aromatic rings.